The number of carbonyl (C=O) groups is 1. The minimum atomic E-state index is -0.177. The Balaban J connectivity index is 2.41. The zero-order chi connectivity index (χ0) is 11.0. The number of furan rings is 1. The van der Waals surface area contributed by atoms with Crippen LogP contribution in [0.1, 0.15) is 21.0 Å². The van der Waals surface area contributed by atoms with Crippen LogP contribution in [0, 0.1) is 6.92 Å². The Hall–Kier alpha value is -0.580. The predicted octanol–water partition coefficient (Wildman–Crippen LogP) is 4.30. The Bertz CT molecular complexity index is 515. The standard InChI is InChI=1S/C10H6BrClO2S/c1-5-4-15-10(8(5)12)9(13)6-2-3-7(11)14-6/h2-4H,1H3. The van der Waals surface area contributed by atoms with Crippen LogP contribution in [0.2, 0.25) is 5.02 Å². The fraction of sp³-hybridized carbons (Fsp3) is 0.100. The van der Waals surface area contributed by atoms with Crippen molar-refractivity contribution in [3.8, 4) is 0 Å². The Kier molecular flexibility index (Phi) is 3.00. The molecule has 0 saturated carbocycles. The molecule has 0 spiro atoms. The number of thiophene rings is 1. The lowest BCUT2D eigenvalue weighted by molar-refractivity contribution is 0.101. The van der Waals surface area contributed by atoms with E-state index < -0.39 is 0 Å². The van der Waals surface area contributed by atoms with Gasteiger partial charge in [0.15, 0.2) is 10.4 Å². The van der Waals surface area contributed by atoms with Gasteiger partial charge in [-0.25, -0.2) is 0 Å². The van der Waals surface area contributed by atoms with E-state index in [0.29, 0.717) is 20.3 Å². The zero-order valence-corrected chi connectivity index (χ0v) is 10.9. The van der Waals surface area contributed by atoms with Crippen molar-refractivity contribution in [3.05, 3.63) is 43.4 Å². The second-order valence-electron chi connectivity index (χ2n) is 2.99. The summed E-state index contributed by atoms with van der Waals surface area (Å²) in [6, 6.07) is 3.30. The van der Waals surface area contributed by atoms with Gasteiger partial charge < -0.3 is 4.42 Å². The number of hydrogen-bond acceptors (Lipinski definition) is 3. The minimum Gasteiger partial charge on any atom is -0.446 e. The van der Waals surface area contributed by atoms with Crippen LogP contribution in [-0.2, 0) is 0 Å². The van der Waals surface area contributed by atoms with Gasteiger partial charge in [0, 0.05) is 0 Å². The van der Waals surface area contributed by atoms with Crippen molar-refractivity contribution in [2.45, 2.75) is 6.92 Å². The smallest absolute Gasteiger partial charge is 0.239 e. The average Bonchev–Trinajstić information content (AvgIpc) is 2.75. The average molecular weight is 306 g/mol. The van der Waals surface area contributed by atoms with E-state index in [1.165, 1.54) is 11.3 Å². The first-order valence-electron chi connectivity index (χ1n) is 4.13. The second-order valence-corrected chi connectivity index (χ2v) is 5.03. The maximum absolute atomic E-state index is 11.9. The van der Waals surface area contributed by atoms with Crippen LogP contribution in [0.4, 0.5) is 0 Å². The van der Waals surface area contributed by atoms with E-state index in [-0.39, 0.29) is 5.78 Å². The first kappa shape index (κ1) is 10.9. The van der Waals surface area contributed by atoms with Gasteiger partial charge in [-0.05, 0) is 45.9 Å². The molecule has 0 fully saturated rings. The highest BCUT2D eigenvalue weighted by atomic mass is 79.9. The lowest BCUT2D eigenvalue weighted by Gasteiger charge is -1.94. The Morgan fingerprint density at radius 3 is 2.73 bits per heavy atom. The molecule has 15 heavy (non-hydrogen) atoms. The predicted molar refractivity (Wildman–Crippen MR) is 63.9 cm³/mol. The third-order valence-corrected chi connectivity index (χ3v) is 4.02. The molecule has 0 unspecified atom stereocenters. The van der Waals surface area contributed by atoms with Crippen LogP contribution in [0.3, 0.4) is 0 Å². The second kappa shape index (κ2) is 4.12. The fourth-order valence-electron chi connectivity index (χ4n) is 1.13. The van der Waals surface area contributed by atoms with Gasteiger partial charge in [0.1, 0.15) is 0 Å². The molecular weight excluding hydrogens is 300 g/mol. The molecule has 0 aliphatic carbocycles. The number of aryl methyl sites for hydroxylation is 1. The Labute approximate surface area is 104 Å². The molecule has 0 aliphatic heterocycles. The molecule has 78 valence electrons. The van der Waals surface area contributed by atoms with Gasteiger partial charge >= 0.3 is 0 Å². The highest BCUT2D eigenvalue weighted by molar-refractivity contribution is 9.10. The van der Waals surface area contributed by atoms with Crippen molar-refractivity contribution < 1.29 is 9.21 Å². The molecule has 5 heteroatoms. The summed E-state index contributed by atoms with van der Waals surface area (Å²) >= 11 is 10.5. The van der Waals surface area contributed by atoms with Crippen molar-refractivity contribution in [1.29, 1.82) is 0 Å². The Morgan fingerprint density at radius 1 is 1.53 bits per heavy atom. The molecule has 2 aromatic heterocycles. The first-order chi connectivity index (χ1) is 7.09. The molecule has 2 heterocycles. The highest BCUT2D eigenvalue weighted by Gasteiger charge is 2.19. The molecular formula is C10H6BrClO2S. The summed E-state index contributed by atoms with van der Waals surface area (Å²) in [5.74, 6) is 0.120. The van der Waals surface area contributed by atoms with Crippen molar-refractivity contribution in [1.82, 2.24) is 0 Å². The lowest BCUT2D eigenvalue weighted by atomic mass is 10.2. The summed E-state index contributed by atoms with van der Waals surface area (Å²) in [6.45, 7) is 1.87. The van der Waals surface area contributed by atoms with Crippen molar-refractivity contribution in [3.63, 3.8) is 0 Å². The molecule has 0 saturated heterocycles. The molecule has 2 rings (SSSR count). The third kappa shape index (κ3) is 2.02. The molecule has 2 nitrogen and oxygen atoms in total. The SMILES string of the molecule is Cc1csc(C(=O)c2ccc(Br)o2)c1Cl. The summed E-state index contributed by atoms with van der Waals surface area (Å²) in [6.07, 6.45) is 0. The van der Waals surface area contributed by atoms with Gasteiger partial charge in [0.25, 0.3) is 0 Å². The van der Waals surface area contributed by atoms with Gasteiger partial charge in [0.2, 0.25) is 5.78 Å². The van der Waals surface area contributed by atoms with E-state index in [4.69, 9.17) is 16.0 Å². The topological polar surface area (TPSA) is 30.2 Å². The van der Waals surface area contributed by atoms with Crippen molar-refractivity contribution in [2.75, 3.05) is 0 Å². The monoisotopic (exact) mass is 304 g/mol. The lowest BCUT2D eigenvalue weighted by Crippen LogP contribution is -1.96. The van der Waals surface area contributed by atoms with Crippen LogP contribution in [0.15, 0.2) is 26.6 Å². The van der Waals surface area contributed by atoms with Crippen LogP contribution < -0.4 is 0 Å². The Morgan fingerprint density at radius 2 is 2.27 bits per heavy atom. The van der Waals surface area contributed by atoms with Gasteiger partial charge in [-0.1, -0.05) is 11.6 Å². The molecule has 0 atom stereocenters. The summed E-state index contributed by atoms with van der Waals surface area (Å²) in [4.78, 5) is 12.4. The molecule has 0 N–H and O–H groups in total. The van der Waals surface area contributed by atoms with Gasteiger partial charge in [-0.2, -0.15) is 0 Å². The molecule has 0 radical (unpaired) electrons. The zero-order valence-electron chi connectivity index (χ0n) is 7.71. The third-order valence-electron chi connectivity index (χ3n) is 1.90. The van der Waals surface area contributed by atoms with Crippen LogP contribution in [0.5, 0.6) is 0 Å². The van der Waals surface area contributed by atoms with Gasteiger partial charge in [-0.3, -0.25) is 4.79 Å². The first-order valence-corrected chi connectivity index (χ1v) is 6.18. The largest absolute Gasteiger partial charge is 0.446 e. The summed E-state index contributed by atoms with van der Waals surface area (Å²) in [7, 11) is 0. The van der Waals surface area contributed by atoms with Gasteiger partial charge in [0.05, 0.1) is 9.90 Å². The van der Waals surface area contributed by atoms with Crippen LogP contribution in [-0.4, -0.2) is 5.78 Å². The van der Waals surface area contributed by atoms with E-state index in [9.17, 15) is 4.79 Å². The van der Waals surface area contributed by atoms with Crippen LogP contribution >= 0.6 is 38.9 Å². The summed E-state index contributed by atoms with van der Waals surface area (Å²) in [5, 5.41) is 2.37. The van der Waals surface area contributed by atoms with Crippen molar-refractivity contribution in [2.24, 2.45) is 0 Å². The number of ketones is 1. The van der Waals surface area contributed by atoms with Gasteiger partial charge in [-0.15, -0.1) is 11.3 Å². The van der Waals surface area contributed by atoms with E-state index in [0.717, 1.165) is 5.56 Å². The van der Waals surface area contributed by atoms with E-state index >= 15 is 0 Å². The van der Waals surface area contributed by atoms with E-state index in [1.54, 1.807) is 12.1 Å². The maximum Gasteiger partial charge on any atom is 0.239 e. The number of halogens is 2. The quantitative estimate of drug-likeness (QED) is 0.775. The maximum atomic E-state index is 11.9. The number of carbonyl (C=O) groups excluding carboxylic acids is 1. The van der Waals surface area contributed by atoms with Crippen LogP contribution in [0.25, 0.3) is 0 Å². The van der Waals surface area contributed by atoms with Crippen molar-refractivity contribution >= 4 is 44.7 Å². The normalized spacial score (nSPS) is 10.6. The fourth-order valence-corrected chi connectivity index (χ4v) is 2.66. The van der Waals surface area contributed by atoms with E-state index in [1.807, 2.05) is 12.3 Å². The van der Waals surface area contributed by atoms with E-state index in [2.05, 4.69) is 15.9 Å². The molecule has 0 bridgehead atoms. The molecule has 2 aromatic rings. The minimum absolute atomic E-state index is 0.177. The number of rotatable bonds is 2. The molecule has 0 amide bonds. The number of hydrogen-bond donors (Lipinski definition) is 0. The highest BCUT2D eigenvalue weighted by Crippen LogP contribution is 2.30. The summed E-state index contributed by atoms with van der Waals surface area (Å²) in [5.41, 5.74) is 0.913. The summed E-state index contributed by atoms with van der Waals surface area (Å²) < 4.78 is 5.72. The molecule has 0 aliphatic rings. The molecule has 0 aromatic carbocycles.